The van der Waals surface area contributed by atoms with Gasteiger partial charge in [0.15, 0.2) is 6.10 Å². The Bertz CT molecular complexity index is 352. The lowest BCUT2D eigenvalue weighted by Gasteiger charge is -2.11. The highest BCUT2D eigenvalue weighted by atomic mass is 35.5. The van der Waals surface area contributed by atoms with E-state index >= 15 is 0 Å². The van der Waals surface area contributed by atoms with E-state index in [1.54, 1.807) is 12.1 Å². The molecule has 0 aliphatic heterocycles. The molecular formula is C9H8Cl2O3. The molecule has 0 bridgehead atoms. The summed E-state index contributed by atoms with van der Waals surface area (Å²) in [6, 6.07) is 4.62. The zero-order chi connectivity index (χ0) is 10.7. The average Bonchev–Trinajstić information content (AvgIpc) is 2.11. The number of carboxylic acids is 1. The molecule has 0 unspecified atom stereocenters. The molecule has 1 rings (SSSR count). The first-order valence-electron chi connectivity index (χ1n) is 3.85. The molecule has 76 valence electrons. The van der Waals surface area contributed by atoms with E-state index < -0.39 is 12.1 Å². The van der Waals surface area contributed by atoms with Crippen molar-refractivity contribution in [2.45, 2.75) is 13.0 Å². The van der Waals surface area contributed by atoms with Gasteiger partial charge in [0.1, 0.15) is 5.75 Å². The monoisotopic (exact) mass is 234 g/mol. The van der Waals surface area contributed by atoms with Gasteiger partial charge in [0.2, 0.25) is 0 Å². The van der Waals surface area contributed by atoms with Crippen molar-refractivity contribution >= 4 is 29.2 Å². The maximum absolute atomic E-state index is 10.5. The standard InChI is InChI=1S/C9H8Cl2O3/c1-5(9(12)13)14-8-4-6(10)2-3-7(8)11/h2-5H,1H3,(H,12,13)/t5-/m1/s1. The molecule has 0 aromatic heterocycles. The number of carbonyl (C=O) groups is 1. The molecule has 0 radical (unpaired) electrons. The Morgan fingerprint density at radius 2 is 2.14 bits per heavy atom. The Labute approximate surface area is 91.2 Å². The molecule has 1 aromatic rings. The number of carboxylic acid groups (broad SMARTS) is 1. The van der Waals surface area contributed by atoms with Crippen molar-refractivity contribution in [3.8, 4) is 5.75 Å². The number of hydrogen-bond donors (Lipinski definition) is 1. The van der Waals surface area contributed by atoms with E-state index in [0.717, 1.165) is 0 Å². The molecule has 1 atom stereocenters. The van der Waals surface area contributed by atoms with Crippen molar-refractivity contribution in [3.63, 3.8) is 0 Å². The molecule has 14 heavy (non-hydrogen) atoms. The van der Waals surface area contributed by atoms with Crippen molar-refractivity contribution in [2.75, 3.05) is 0 Å². The summed E-state index contributed by atoms with van der Waals surface area (Å²) < 4.78 is 5.07. The third-order valence-corrected chi connectivity index (χ3v) is 2.09. The van der Waals surface area contributed by atoms with E-state index in [4.69, 9.17) is 33.0 Å². The average molecular weight is 235 g/mol. The largest absolute Gasteiger partial charge is 0.479 e. The Morgan fingerprint density at radius 1 is 1.50 bits per heavy atom. The fourth-order valence-corrected chi connectivity index (χ4v) is 1.13. The van der Waals surface area contributed by atoms with Gasteiger partial charge in [-0.05, 0) is 19.1 Å². The van der Waals surface area contributed by atoms with E-state index in [9.17, 15) is 4.79 Å². The number of rotatable bonds is 3. The first-order valence-corrected chi connectivity index (χ1v) is 4.61. The van der Waals surface area contributed by atoms with Gasteiger partial charge in [0.05, 0.1) is 5.02 Å². The van der Waals surface area contributed by atoms with Gasteiger partial charge in [-0.3, -0.25) is 0 Å². The van der Waals surface area contributed by atoms with Crippen molar-refractivity contribution in [1.82, 2.24) is 0 Å². The van der Waals surface area contributed by atoms with Crippen LogP contribution < -0.4 is 4.74 Å². The second kappa shape index (κ2) is 4.53. The molecule has 0 aliphatic rings. The number of hydrogen-bond acceptors (Lipinski definition) is 2. The lowest BCUT2D eigenvalue weighted by molar-refractivity contribution is -0.144. The lowest BCUT2D eigenvalue weighted by Crippen LogP contribution is -2.22. The van der Waals surface area contributed by atoms with Crippen LogP contribution in [-0.4, -0.2) is 17.2 Å². The molecule has 5 heteroatoms. The van der Waals surface area contributed by atoms with Crippen LogP contribution in [0, 0.1) is 0 Å². The fourth-order valence-electron chi connectivity index (χ4n) is 0.808. The highest BCUT2D eigenvalue weighted by molar-refractivity contribution is 6.34. The first kappa shape index (κ1) is 11.1. The number of aliphatic carboxylic acids is 1. The van der Waals surface area contributed by atoms with Gasteiger partial charge in [0, 0.05) is 11.1 Å². The summed E-state index contributed by atoms with van der Waals surface area (Å²) in [6.07, 6.45) is -0.953. The summed E-state index contributed by atoms with van der Waals surface area (Å²) in [5, 5.41) is 9.38. The molecule has 1 N–H and O–H groups in total. The molecule has 1 aromatic carbocycles. The zero-order valence-electron chi connectivity index (χ0n) is 7.33. The molecular weight excluding hydrogens is 227 g/mol. The normalized spacial score (nSPS) is 12.2. The summed E-state index contributed by atoms with van der Waals surface area (Å²) in [6.45, 7) is 1.42. The van der Waals surface area contributed by atoms with Crippen LogP contribution in [-0.2, 0) is 4.79 Å². The van der Waals surface area contributed by atoms with E-state index in [-0.39, 0.29) is 5.75 Å². The molecule has 0 amide bonds. The van der Waals surface area contributed by atoms with Crippen LogP contribution in [0.15, 0.2) is 18.2 Å². The van der Waals surface area contributed by atoms with Gasteiger partial charge < -0.3 is 9.84 Å². The Balaban J connectivity index is 2.85. The summed E-state index contributed by atoms with van der Waals surface area (Å²) in [4.78, 5) is 10.5. The van der Waals surface area contributed by atoms with E-state index in [2.05, 4.69) is 0 Å². The quantitative estimate of drug-likeness (QED) is 0.876. The zero-order valence-corrected chi connectivity index (χ0v) is 8.84. The molecule has 0 aliphatic carbocycles. The summed E-state index contributed by atoms with van der Waals surface area (Å²) >= 11 is 11.5. The fraction of sp³-hybridized carbons (Fsp3) is 0.222. The van der Waals surface area contributed by atoms with Crippen LogP contribution in [0.5, 0.6) is 5.75 Å². The molecule has 0 saturated heterocycles. The Kier molecular flexibility index (Phi) is 3.61. The summed E-state index contributed by atoms with van der Waals surface area (Å²) in [7, 11) is 0. The molecule has 0 fully saturated rings. The van der Waals surface area contributed by atoms with Crippen LogP contribution in [0.4, 0.5) is 0 Å². The van der Waals surface area contributed by atoms with E-state index in [1.807, 2.05) is 0 Å². The highest BCUT2D eigenvalue weighted by Crippen LogP contribution is 2.28. The summed E-state index contributed by atoms with van der Waals surface area (Å²) in [5.41, 5.74) is 0. The smallest absolute Gasteiger partial charge is 0.344 e. The first-order chi connectivity index (χ1) is 6.50. The van der Waals surface area contributed by atoms with Crippen molar-refractivity contribution in [2.24, 2.45) is 0 Å². The maximum atomic E-state index is 10.5. The van der Waals surface area contributed by atoms with Crippen LogP contribution in [0.25, 0.3) is 0 Å². The third-order valence-electron chi connectivity index (χ3n) is 1.54. The molecule has 0 saturated carbocycles. The SMILES string of the molecule is C[C@@H](Oc1cc(Cl)ccc1Cl)C(=O)O. The Hall–Kier alpha value is -0.930. The van der Waals surface area contributed by atoms with Gasteiger partial charge in [-0.1, -0.05) is 23.2 Å². The van der Waals surface area contributed by atoms with E-state index in [0.29, 0.717) is 10.0 Å². The van der Waals surface area contributed by atoms with Gasteiger partial charge in [-0.2, -0.15) is 0 Å². The predicted octanol–water partition coefficient (Wildman–Crippen LogP) is 2.85. The second-order valence-electron chi connectivity index (χ2n) is 2.67. The highest BCUT2D eigenvalue weighted by Gasteiger charge is 2.14. The number of halogens is 2. The third kappa shape index (κ3) is 2.79. The number of ether oxygens (including phenoxy) is 1. The molecule has 0 spiro atoms. The minimum atomic E-state index is -1.05. The van der Waals surface area contributed by atoms with Crippen LogP contribution in [0.1, 0.15) is 6.92 Å². The van der Waals surface area contributed by atoms with Gasteiger partial charge in [-0.25, -0.2) is 4.79 Å². The number of benzene rings is 1. The summed E-state index contributed by atoms with van der Waals surface area (Å²) in [5.74, 6) is -0.782. The van der Waals surface area contributed by atoms with Gasteiger partial charge >= 0.3 is 5.97 Å². The predicted molar refractivity (Wildman–Crippen MR) is 54.2 cm³/mol. The lowest BCUT2D eigenvalue weighted by atomic mass is 10.3. The second-order valence-corrected chi connectivity index (χ2v) is 3.52. The minimum absolute atomic E-state index is 0.272. The van der Waals surface area contributed by atoms with Crippen molar-refractivity contribution in [3.05, 3.63) is 28.2 Å². The van der Waals surface area contributed by atoms with Crippen molar-refractivity contribution < 1.29 is 14.6 Å². The van der Waals surface area contributed by atoms with Crippen LogP contribution in [0.3, 0.4) is 0 Å². The van der Waals surface area contributed by atoms with Crippen LogP contribution in [0.2, 0.25) is 10.0 Å². The van der Waals surface area contributed by atoms with E-state index in [1.165, 1.54) is 13.0 Å². The van der Waals surface area contributed by atoms with Gasteiger partial charge in [-0.15, -0.1) is 0 Å². The topological polar surface area (TPSA) is 46.5 Å². The van der Waals surface area contributed by atoms with Crippen LogP contribution >= 0.6 is 23.2 Å². The maximum Gasteiger partial charge on any atom is 0.344 e. The molecule has 3 nitrogen and oxygen atoms in total. The van der Waals surface area contributed by atoms with Gasteiger partial charge in [0.25, 0.3) is 0 Å². The van der Waals surface area contributed by atoms with Crippen molar-refractivity contribution in [1.29, 1.82) is 0 Å². The molecule has 0 heterocycles. The minimum Gasteiger partial charge on any atom is -0.479 e. The Morgan fingerprint density at radius 3 is 2.71 bits per heavy atom.